The Morgan fingerprint density at radius 3 is 2.00 bits per heavy atom. The van der Waals surface area contributed by atoms with Crippen molar-refractivity contribution in [3.8, 4) is 0 Å². The molecule has 4 heteroatoms. The molecule has 0 bridgehead atoms. The van der Waals surface area contributed by atoms with E-state index in [1.165, 1.54) is 0 Å². The summed E-state index contributed by atoms with van der Waals surface area (Å²) in [5.41, 5.74) is -0.770. The van der Waals surface area contributed by atoms with Gasteiger partial charge in [-0.15, -0.1) is 0 Å². The van der Waals surface area contributed by atoms with Crippen LogP contribution in [-0.4, -0.2) is 56.5 Å². The van der Waals surface area contributed by atoms with Crippen LogP contribution in [0.3, 0.4) is 0 Å². The van der Waals surface area contributed by atoms with Crippen molar-refractivity contribution in [1.29, 1.82) is 0 Å². The van der Waals surface area contributed by atoms with Crippen LogP contribution in [0.5, 0.6) is 0 Å². The Labute approximate surface area is 84.9 Å². The minimum Gasteiger partial charge on any atom is -0.308 e. The Hall–Kier alpha value is -0.220. The highest BCUT2D eigenvalue weighted by molar-refractivity contribution is 5.08. The Morgan fingerprint density at radius 2 is 1.64 bits per heavy atom. The lowest BCUT2D eigenvalue weighted by Gasteiger charge is -2.22. The number of nitrogens with zero attached hydrogens (tertiary/aromatic N) is 2. The topological polar surface area (TPSA) is 6.48 Å². The molecular formula is C10H20F2N2. The highest BCUT2D eigenvalue weighted by atomic mass is 19.3. The largest absolute Gasteiger partial charge is 0.308 e. The summed E-state index contributed by atoms with van der Waals surface area (Å²) in [4.78, 5) is 4.05. The summed E-state index contributed by atoms with van der Waals surface area (Å²) in [6.45, 7) is 3.92. The quantitative estimate of drug-likeness (QED) is 0.673. The molecule has 1 aliphatic carbocycles. The lowest BCUT2D eigenvalue weighted by molar-refractivity contribution is 0.0562. The molecule has 0 N–H and O–H groups in total. The zero-order valence-corrected chi connectivity index (χ0v) is 9.48. The van der Waals surface area contributed by atoms with Gasteiger partial charge in [-0.1, -0.05) is 6.92 Å². The molecule has 14 heavy (non-hydrogen) atoms. The molecule has 1 unspecified atom stereocenters. The van der Waals surface area contributed by atoms with Crippen molar-refractivity contribution in [3.05, 3.63) is 0 Å². The van der Waals surface area contributed by atoms with E-state index in [-0.39, 0.29) is 6.42 Å². The third-order valence-corrected chi connectivity index (χ3v) is 2.92. The molecule has 0 aliphatic heterocycles. The van der Waals surface area contributed by atoms with Crippen molar-refractivity contribution in [2.24, 2.45) is 5.41 Å². The van der Waals surface area contributed by atoms with Crippen LogP contribution in [0.1, 0.15) is 13.3 Å². The molecular weight excluding hydrogens is 186 g/mol. The van der Waals surface area contributed by atoms with Gasteiger partial charge in [0, 0.05) is 31.5 Å². The predicted molar refractivity (Wildman–Crippen MR) is 53.7 cm³/mol. The van der Waals surface area contributed by atoms with E-state index in [4.69, 9.17) is 0 Å². The molecule has 84 valence electrons. The molecule has 0 aromatic rings. The predicted octanol–water partition coefficient (Wildman–Crippen LogP) is 1.53. The van der Waals surface area contributed by atoms with Crippen molar-refractivity contribution in [2.45, 2.75) is 19.3 Å². The lowest BCUT2D eigenvalue weighted by atomic mass is 10.1. The minimum atomic E-state index is -2.43. The summed E-state index contributed by atoms with van der Waals surface area (Å²) in [6, 6.07) is 0. The van der Waals surface area contributed by atoms with Crippen molar-refractivity contribution in [3.63, 3.8) is 0 Å². The SMILES string of the molecule is CN(C)CCN(C)CC1(C)CC1(F)F. The number of hydrogen-bond donors (Lipinski definition) is 0. The fourth-order valence-electron chi connectivity index (χ4n) is 1.66. The molecule has 1 saturated carbocycles. The van der Waals surface area contributed by atoms with Crippen LogP contribution in [-0.2, 0) is 0 Å². The van der Waals surface area contributed by atoms with Crippen molar-refractivity contribution in [1.82, 2.24) is 9.80 Å². The maximum atomic E-state index is 12.9. The first-order valence-electron chi connectivity index (χ1n) is 4.98. The molecule has 0 saturated heterocycles. The van der Waals surface area contributed by atoms with Gasteiger partial charge in [0.05, 0.1) is 0 Å². The number of hydrogen-bond acceptors (Lipinski definition) is 2. The van der Waals surface area contributed by atoms with Crippen LogP contribution in [0, 0.1) is 5.41 Å². The summed E-state index contributed by atoms with van der Waals surface area (Å²) in [5, 5.41) is 0. The first-order valence-corrected chi connectivity index (χ1v) is 4.98. The molecule has 0 aromatic heterocycles. The van der Waals surface area contributed by atoms with Gasteiger partial charge < -0.3 is 9.80 Å². The van der Waals surface area contributed by atoms with Gasteiger partial charge in [-0.25, -0.2) is 8.78 Å². The first kappa shape index (κ1) is 11.9. The zero-order valence-electron chi connectivity index (χ0n) is 9.48. The summed E-state index contributed by atoms with van der Waals surface area (Å²) in [5.74, 6) is -2.43. The van der Waals surface area contributed by atoms with Gasteiger partial charge in [0.15, 0.2) is 0 Å². The van der Waals surface area contributed by atoms with Gasteiger partial charge in [-0.2, -0.15) is 0 Å². The smallest absolute Gasteiger partial charge is 0.255 e. The monoisotopic (exact) mass is 206 g/mol. The van der Waals surface area contributed by atoms with E-state index in [1.807, 2.05) is 26.0 Å². The number of rotatable bonds is 5. The van der Waals surface area contributed by atoms with Gasteiger partial charge in [0.1, 0.15) is 0 Å². The third kappa shape index (κ3) is 2.64. The van der Waals surface area contributed by atoms with Gasteiger partial charge >= 0.3 is 0 Å². The van der Waals surface area contributed by atoms with Crippen molar-refractivity contribution >= 4 is 0 Å². The number of likely N-dealkylation sites (N-methyl/N-ethyl adjacent to an activating group) is 2. The Balaban J connectivity index is 2.25. The maximum absolute atomic E-state index is 12.9. The van der Waals surface area contributed by atoms with E-state index in [2.05, 4.69) is 4.90 Å². The molecule has 0 aromatic carbocycles. The fraction of sp³-hybridized carbons (Fsp3) is 1.00. The summed E-state index contributed by atoms with van der Waals surface area (Å²) < 4.78 is 25.8. The first-order chi connectivity index (χ1) is 6.27. The van der Waals surface area contributed by atoms with Gasteiger partial charge in [-0.05, 0) is 21.1 Å². The normalized spacial score (nSPS) is 30.0. The van der Waals surface area contributed by atoms with Crippen LogP contribution in [0.2, 0.25) is 0 Å². The second-order valence-corrected chi connectivity index (χ2v) is 4.98. The molecule has 0 heterocycles. The molecule has 0 amide bonds. The fourth-order valence-corrected chi connectivity index (χ4v) is 1.66. The highest BCUT2D eigenvalue weighted by Crippen LogP contribution is 2.60. The van der Waals surface area contributed by atoms with Crippen LogP contribution in [0.15, 0.2) is 0 Å². The van der Waals surface area contributed by atoms with Gasteiger partial charge in [-0.3, -0.25) is 0 Å². The summed E-state index contributed by atoms with van der Waals surface area (Å²) in [6.07, 6.45) is 0.0479. The second-order valence-electron chi connectivity index (χ2n) is 4.98. The molecule has 0 spiro atoms. The Kier molecular flexibility index (Phi) is 3.17. The van der Waals surface area contributed by atoms with Crippen molar-refractivity contribution in [2.75, 3.05) is 40.8 Å². The van der Waals surface area contributed by atoms with Gasteiger partial charge in [0.25, 0.3) is 5.92 Å². The van der Waals surface area contributed by atoms with E-state index in [9.17, 15) is 8.78 Å². The van der Waals surface area contributed by atoms with Crippen LogP contribution in [0.4, 0.5) is 8.78 Å². The van der Waals surface area contributed by atoms with E-state index in [1.54, 1.807) is 6.92 Å². The third-order valence-electron chi connectivity index (χ3n) is 2.92. The zero-order chi connectivity index (χ0) is 11.0. The lowest BCUT2D eigenvalue weighted by Crippen LogP contribution is -2.33. The molecule has 0 radical (unpaired) electrons. The molecule has 1 fully saturated rings. The van der Waals surface area contributed by atoms with E-state index >= 15 is 0 Å². The minimum absolute atomic E-state index is 0.0479. The second kappa shape index (κ2) is 3.74. The average Bonchev–Trinajstić information content (AvgIpc) is 2.46. The standard InChI is InChI=1S/C10H20F2N2/c1-9(7-10(9,11)12)8-14(4)6-5-13(2)3/h5-8H2,1-4H3. The molecule has 1 aliphatic rings. The van der Waals surface area contributed by atoms with E-state index < -0.39 is 11.3 Å². The Bertz CT molecular complexity index is 206. The average molecular weight is 206 g/mol. The van der Waals surface area contributed by atoms with Crippen LogP contribution in [0.25, 0.3) is 0 Å². The van der Waals surface area contributed by atoms with Crippen molar-refractivity contribution < 1.29 is 8.78 Å². The maximum Gasteiger partial charge on any atom is 0.255 e. The number of halogens is 2. The number of alkyl halides is 2. The summed E-state index contributed by atoms with van der Waals surface area (Å²) in [7, 11) is 5.88. The van der Waals surface area contributed by atoms with Crippen LogP contribution >= 0.6 is 0 Å². The highest BCUT2D eigenvalue weighted by Gasteiger charge is 2.67. The van der Waals surface area contributed by atoms with Gasteiger partial charge in [0.2, 0.25) is 0 Å². The van der Waals surface area contributed by atoms with E-state index in [0.717, 1.165) is 13.1 Å². The molecule has 2 nitrogen and oxygen atoms in total. The Morgan fingerprint density at radius 1 is 1.14 bits per heavy atom. The summed E-state index contributed by atoms with van der Waals surface area (Å²) >= 11 is 0. The molecule has 1 atom stereocenters. The molecule has 1 rings (SSSR count). The van der Waals surface area contributed by atoms with E-state index in [0.29, 0.717) is 6.54 Å². The van der Waals surface area contributed by atoms with Crippen LogP contribution < -0.4 is 0 Å².